The summed E-state index contributed by atoms with van der Waals surface area (Å²) in [5.74, 6) is 1.06. The van der Waals surface area contributed by atoms with E-state index < -0.39 is 11.7 Å². The van der Waals surface area contributed by atoms with Crippen molar-refractivity contribution >= 4 is 17.5 Å². The lowest BCUT2D eigenvalue weighted by Gasteiger charge is -2.17. The number of carbonyl (C=O) groups is 1. The van der Waals surface area contributed by atoms with Crippen molar-refractivity contribution in [2.45, 2.75) is 25.9 Å². The quantitative estimate of drug-likeness (QED) is 0.927. The molecular weight excluding hydrogens is 269 g/mol. The molecule has 3 nitrogen and oxygen atoms in total. The standard InChI is InChI=1S/C14H15ClFNO2/c1-6-8-2-7(3-9(6)8)19-13-5-12(16)10(14(17)18)4-11(13)15/h4-9H,2-3H2,1H3,(H2,17,18). The van der Waals surface area contributed by atoms with E-state index in [0.717, 1.165) is 36.7 Å². The van der Waals surface area contributed by atoms with Gasteiger partial charge in [-0.05, 0) is 36.7 Å². The van der Waals surface area contributed by atoms with Crippen molar-refractivity contribution in [3.8, 4) is 5.75 Å². The monoisotopic (exact) mass is 283 g/mol. The average molecular weight is 284 g/mol. The van der Waals surface area contributed by atoms with Gasteiger partial charge >= 0.3 is 0 Å². The second-order valence-electron chi connectivity index (χ2n) is 5.52. The van der Waals surface area contributed by atoms with Gasteiger partial charge in [0.2, 0.25) is 0 Å². The molecule has 102 valence electrons. The van der Waals surface area contributed by atoms with Gasteiger partial charge in [0, 0.05) is 6.07 Å². The Bertz CT molecular complexity index is 536. The van der Waals surface area contributed by atoms with Crippen LogP contribution >= 0.6 is 11.6 Å². The number of primary amides is 1. The topological polar surface area (TPSA) is 52.3 Å². The summed E-state index contributed by atoms with van der Waals surface area (Å²) in [6.45, 7) is 2.25. The van der Waals surface area contributed by atoms with Gasteiger partial charge in [-0.25, -0.2) is 4.39 Å². The van der Waals surface area contributed by atoms with Crippen molar-refractivity contribution in [1.82, 2.24) is 0 Å². The van der Waals surface area contributed by atoms with Gasteiger partial charge in [-0.15, -0.1) is 0 Å². The molecule has 2 atom stereocenters. The van der Waals surface area contributed by atoms with Crippen molar-refractivity contribution < 1.29 is 13.9 Å². The lowest BCUT2D eigenvalue weighted by molar-refractivity contribution is 0.0996. The molecule has 2 N–H and O–H groups in total. The Labute approximate surface area is 115 Å². The van der Waals surface area contributed by atoms with E-state index in [-0.39, 0.29) is 16.7 Å². The molecule has 2 unspecified atom stereocenters. The summed E-state index contributed by atoms with van der Waals surface area (Å²) >= 11 is 6.00. The maximum atomic E-state index is 13.7. The van der Waals surface area contributed by atoms with Crippen molar-refractivity contribution in [2.75, 3.05) is 0 Å². The Hall–Kier alpha value is -1.29. The number of hydrogen-bond acceptors (Lipinski definition) is 2. The largest absolute Gasteiger partial charge is 0.489 e. The molecule has 1 aromatic rings. The molecule has 0 aromatic heterocycles. The van der Waals surface area contributed by atoms with Crippen LogP contribution in [0.5, 0.6) is 5.75 Å². The molecule has 0 aliphatic heterocycles. The van der Waals surface area contributed by atoms with E-state index in [9.17, 15) is 9.18 Å². The first-order valence-corrected chi connectivity index (χ1v) is 6.80. The number of ether oxygens (including phenoxy) is 1. The zero-order valence-electron chi connectivity index (χ0n) is 10.5. The third-order valence-electron chi connectivity index (χ3n) is 4.41. The first-order valence-electron chi connectivity index (χ1n) is 6.43. The Kier molecular flexibility index (Phi) is 2.93. The van der Waals surface area contributed by atoms with E-state index in [1.807, 2.05) is 0 Å². The van der Waals surface area contributed by atoms with Crippen LogP contribution in [0.2, 0.25) is 5.02 Å². The maximum Gasteiger partial charge on any atom is 0.251 e. The third-order valence-corrected chi connectivity index (χ3v) is 4.71. The Morgan fingerprint density at radius 1 is 1.42 bits per heavy atom. The Balaban J connectivity index is 1.75. The van der Waals surface area contributed by atoms with Crippen LogP contribution in [-0.2, 0) is 0 Å². The van der Waals surface area contributed by atoms with Gasteiger partial charge in [0.15, 0.2) is 0 Å². The summed E-state index contributed by atoms with van der Waals surface area (Å²) in [6.07, 6.45) is 2.10. The molecule has 3 rings (SSSR count). The van der Waals surface area contributed by atoms with Crippen LogP contribution in [0.15, 0.2) is 12.1 Å². The highest BCUT2D eigenvalue weighted by Gasteiger charge is 2.53. The SMILES string of the molecule is CC1C2CC(Oc3cc(F)c(C(N)=O)cc3Cl)CC12. The molecule has 5 heteroatoms. The first kappa shape index (κ1) is 12.7. The second-order valence-corrected chi connectivity index (χ2v) is 5.93. The summed E-state index contributed by atoms with van der Waals surface area (Å²) in [7, 11) is 0. The molecule has 1 aromatic carbocycles. The third kappa shape index (κ3) is 2.18. The molecule has 0 saturated heterocycles. The van der Waals surface area contributed by atoms with Gasteiger partial charge in [-0.3, -0.25) is 4.79 Å². The Morgan fingerprint density at radius 3 is 2.63 bits per heavy atom. The minimum absolute atomic E-state index is 0.0996. The molecule has 0 bridgehead atoms. The smallest absolute Gasteiger partial charge is 0.251 e. The second kappa shape index (κ2) is 4.37. The van der Waals surface area contributed by atoms with Gasteiger partial charge in [0.1, 0.15) is 11.6 Å². The fourth-order valence-corrected chi connectivity index (χ4v) is 3.41. The van der Waals surface area contributed by atoms with Crippen LogP contribution < -0.4 is 10.5 Å². The van der Waals surface area contributed by atoms with Gasteiger partial charge in [-0.1, -0.05) is 18.5 Å². The number of rotatable bonds is 3. The predicted molar refractivity (Wildman–Crippen MR) is 69.7 cm³/mol. The molecule has 2 aliphatic rings. The van der Waals surface area contributed by atoms with Crippen LogP contribution in [0.3, 0.4) is 0 Å². The maximum absolute atomic E-state index is 13.7. The number of amides is 1. The van der Waals surface area contributed by atoms with Crippen LogP contribution in [-0.4, -0.2) is 12.0 Å². The lowest BCUT2D eigenvalue weighted by atomic mass is 10.1. The molecular formula is C14H15ClFNO2. The first-order chi connectivity index (χ1) is 8.97. The summed E-state index contributed by atoms with van der Waals surface area (Å²) in [5.41, 5.74) is 4.85. The molecule has 1 amide bonds. The van der Waals surface area contributed by atoms with E-state index in [4.69, 9.17) is 22.1 Å². The molecule has 19 heavy (non-hydrogen) atoms. The molecule has 2 fully saturated rings. The van der Waals surface area contributed by atoms with E-state index in [1.165, 1.54) is 6.07 Å². The zero-order valence-corrected chi connectivity index (χ0v) is 11.3. The molecule has 2 aliphatic carbocycles. The predicted octanol–water partition coefficient (Wildman–Crippen LogP) is 3.00. The Morgan fingerprint density at radius 2 is 2.05 bits per heavy atom. The highest BCUT2D eigenvalue weighted by molar-refractivity contribution is 6.32. The van der Waals surface area contributed by atoms with Crippen molar-refractivity contribution in [3.63, 3.8) is 0 Å². The summed E-state index contributed by atoms with van der Waals surface area (Å²) in [4.78, 5) is 11.0. The van der Waals surface area contributed by atoms with E-state index in [1.54, 1.807) is 0 Å². The van der Waals surface area contributed by atoms with E-state index in [0.29, 0.717) is 5.75 Å². The van der Waals surface area contributed by atoms with Gasteiger partial charge < -0.3 is 10.5 Å². The fraction of sp³-hybridized carbons (Fsp3) is 0.500. The van der Waals surface area contributed by atoms with Crippen molar-refractivity contribution in [1.29, 1.82) is 0 Å². The number of halogens is 2. The molecule has 2 saturated carbocycles. The van der Waals surface area contributed by atoms with Crippen molar-refractivity contribution in [3.05, 3.63) is 28.5 Å². The summed E-state index contributed by atoms with van der Waals surface area (Å²) in [6, 6.07) is 2.38. The summed E-state index contributed by atoms with van der Waals surface area (Å²) < 4.78 is 19.4. The number of carbonyl (C=O) groups excluding carboxylic acids is 1. The number of nitrogens with two attached hydrogens (primary N) is 1. The minimum Gasteiger partial charge on any atom is -0.489 e. The number of hydrogen-bond donors (Lipinski definition) is 1. The van der Waals surface area contributed by atoms with Crippen molar-refractivity contribution in [2.24, 2.45) is 23.5 Å². The molecule has 0 heterocycles. The van der Waals surface area contributed by atoms with Crippen LogP contribution in [0, 0.1) is 23.6 Å². The van der Waals surface area contributed by atoms with Gasteiger partial charge in [0.05, 0.1) is 16.7 Å². The van der Waals surface area contributed by atoms with Gasteiger partial charge in [0.25, 0.3) is 5.91 Å². The number of fused-ring (bicyclic) bond motifs is 1. The van der Waals surface area contributed by atoms with Gasteiger partial charge in [-0.2, -0.15) is 0 Å². The van der Waals surface area contributed by atoms with E-state index >= 15 is 0 Å². The summed E-state index contributed by atoms with van der Waals surface area (Å²) in [5, 5.41) is 0.226. The van der Waals surface area contributed by atoms with E-state index in [2.05, 4.69) is 6.92 Å². The minimum atomic E-state index is -0.832. The average Bonchev–Trinajstić information content (AvgIpc) is 2.76. The molecule has 0 spiro atoms. The van der Waals surface area contributed by atoms with Crippen LogP contribution in [0.4, 0.5) is 4.39 Å². The normalized spacial score (nSPS) is 31.9. The zero-order chi connectivity index (χ0) is 13.7. The number of benzene rings is 1. The highest BCUT2D eigenvalue weighted by atomic mass is 35.5. The van der Waals surface area contributed by atoms with Crippen LogP contribution in [0.1, 0.15) is 30.1 Å². The lowest BCUT2D eigenvalue weighted by Crippen LogP contribution is -2.17. The fourth-order valence-electron chi connectivity index (χ4n) is 3.20. The molecule has 0 radical (unpaired) electrons. The van der Waals surface area contributed by atoms with Crippen LogP contribution in [0.25, 0.3) is 0 Å². The highest BCUT2D eigenvalue weighted by Crippen LogP contribution is 2.57.